The molecule has 4 rings (SSSR count). The zero-order valence-corrected chi connectivity index (χ0v) is 16.6. The summed E-state index contributed by atoms with van der Waals surface area (Å²) in [5, 5.41) is 4.57. The normalized spacial score (nSPS) is 15.3. The lowest BCUT2D eigenvalue weighted by atomic mass is 10.2. The fourth-order valence-corrected chi connectivity index (χ4v) is 4.60. The molecule has 1 fully saturated rings. The lowest BCUT2D eigenvalue weighted by Crippen LogP contribution is -2.48. The van der Waals surface area contributed by atoms with Crippen LogP contribution < -0.4 is 0 Å². The molecule has 0 radical (unpaired) electrons. The third kappa shape index (κ3) is 4.08. The second-order valence-corrected chi connectivity index (χ2v) is 8.22. The van der Waals surface area contributed by atoms with Gasteiger partial charge in [-0.1, -0.05) is 35.0 Å². The summed E-state index contributed by atoms with van der Waals surface area (Å²) < 4.78 is 5.09. The molecule has 1 aliphatic rings. The van der Waals surface area contributed by atoms with Crippen molar-refractivity contribution in [2.45, 2.75) is 13.5 Å². The van der Waals surface area contributed by atoms with E-state index in [1.54, 1.807) is 17.4 Å². The Balaban J connectivity index is 1.35. The number of halogens is 1. The van der Waals surface area contributed by atoms with Gasteiger partial charge in [0.1, 0.15) is 0 Å². The third-order valence-corrected chi connectivity index (χ3v) is 6.11. The molecule has 3 aromatic rings. The van der Waals surface area contributed by atoms with Crippen LogP contribution in [0.5, 0.6) is 0 Å². The van der Waals surface area contributed by atoms with E-state index in [2.05, 4.69) is 22.2 Å². The Morgan fingerprint density at radius 3 is 2.67 bits per heavy atom. The number of hydrogen-bond acceptors (Lipinski definition) is 5. The van der Waals surface area contributed by atoms with Crippen LogP contribution in [-0.4, -0.2) is 47.0 Å². The fraction of sp³-hybridized carbons (Fsp3) is 0.300. The van der Waals surface area contributed by atoms with E-state index in [0.717, 1.165) is 35.9 Å². The van der Waals surface area contributed by atoms with Crippen LogP contribution in [0, 0.1) is 6.92 Å². The van der Waals surface area contributed by atoms with E-state index in [4.69, 9.17) is 16.1 Å². The molecule has 140 valence electrons. The van der Waals surface area contributed by atoms with Gasteiger partial charge in [-0.15, -0.1) is 11.3 Å². The molecule has 5 nitrogen and oxygen atoms in total. The van der Waals surface area contributed by atoms with Gasteiger partial charge < -0.3 is 9.42 Å². The van der Waals surface area contributed by atoms with Gasteiger partial charge in [0.25, 0.3) is 5.91 Å². The Bertz CT molecular complexity index is 944. The van der Waals surface area contributed by atoms with Crippen LogP contribution in [-0.2, 0) is 6.54 Å². The highest BCUT2D eigenvalue weighted by molar-refractivity contribution is 7.15. The number of carbonyl (C=O) groups excluding carboxylic acids is 1. The molecule has 0 aliphatic carbocycles. The van der Waals surface area contributed by atoms with Crippen molar-refractivity contribution in [3.63, 3.8) is 0 Å². The Labute approximate surface area is 167 Å². The van der Waals surface area contributed by atoms with Gasteiger partial charge in [-0.25, -0.2) is 0 Å². The van der Waals surface area contributed by atoms with E-state index in [0.29, 0.717) is 18.8 Å². The van der Waals surface area contributed by atoms with Crippen molar-refractivity contribution >= 4 is 28.8 Å². The molecule has 0 bridgehead atoms. The maximum atomic E-state index is 12.4. The molecule has 3 heterocycles. The van der Waals surface area contributed by atoms with Gasteiger partial charge in [0.05, 0.1) is 5.69 Å². The second-order valence-electron chi connectivity index (χ2n) is 6.65. The Kier molecular flexibility index (Phi) is 5.29. The van der Waals surface area contributed by atoms with Gasteiger partial charge in [-0.2, -0.15) is 0 Å². The number of nitrogens with zero attached hydrogens (tertiary/aromatic N) is 3. The molecule has 0 atom stereocenters. The zero-order chi connectivity index (χ0) is 18.8. The Hall–Kier alpha value is -2.15. The highest BCUT2D eigenvalue weighted by Gasteiger charge is 2.25. The summed E-state index contributed by atoms with van der Waals surface area (Å²) >= 11 is 8.07. The summed E-state index contributed by atoms with van der Waals surface area (Å²) in [6.45, 7) is 5.79. The minimum Gasteiger partial charge on any atom is -0.351 e. The first-order valence-corrected chi connectivity index (χ1v) is 10.1. The van der Waals surface area contributed by atoms with E-state index in [-0.39, 0.29) is 5.91 Å². The molecule has 1 saturated heterocycles. The minimum absolute atomic E-state index is 0.0765. The van der Waals surface area contributed by atoms with Crippen molar-refractivity contribution < 1.29 is 9.32 Å². The molecule has 1 aromatic carbocycles. The number of hydrogen-bond donors (Lipinski definition) is 0. The van der Waals surface area contributed by atoms with Crippen molar-refractivity contribution in [1.82, 2.24) is 15.0 Å². The highest BCUT2D eigenvalue weighted by atomic mass is 35.5. The van der Waals surface area contributed by atoms with Crippen LogP contribution in [0.1, 0.15) is 21.1 Å². The van der Waals surface area contributed by atoms with E-state index in [1.807, 2.05) is 36.1 Å². The second kappa shape index (κ2) is 7.84. The van der Waals surface area contributed by atoms with Crippen molar-refractivity contribution in [2.75, 3.05) is 26.2 Å². The number of aromatic nitrogens is 1. The molecule has 1 amide bonds. The monoisotopic (exact) mass is 401 g/mol. The lowest BCUT2D eigenvalue weighted by molar-refractivity contribution is 0.0590. The van der Waals surface area contributed by atoms with Crippen LogP contribution in [0.15, 0.2) is 47.0 Å². The van der Waals surface area contributed by atoms with E-state index < -0.39 is 0 Å². The van der Waals surface area contributed by atoms with Crippen LogP contribution in [0.2, 0.25) is 5.02 Å². The first-order chi connectivity index (χ1) is 13.1. The average molecular weight is 402 g/mol. The van der Waals surface area contributed by atoms with Crippen molar-refractivity contribution in [3.05, 3.63) is 63.8 Å². The Morgan fingerprint density at radius 1 is 1.19 bits per heavy atom. The summed E-state index contributed by atoms with van der Waals surface area (Å²) in [6.07, 6.45) is 0. The summed E-state index contributed by atoms with van der Waals surface area (Å²) in [5.41, 5.74) is 1.80. The maximum absolute atomic E-state index is 12.4. The van der Waals surface area contributed by atoms with Gasteiger partial charge in [0.2, 0.25) is 5.76 Å². The minimum atomic E-state index is -0.0765. The number of piperazine rings is 1. The molecular formula is C20H20ClN3O2S. The van der Waals surface area contributed by atoms with Gasteiger partial charge in [0.15, 0.2) is 0 Å². The smallest absolute Gasteiger partial charge is 0.292 e. The molecular weight excluding hydrogens is 382 g/mol. The summed E-state index contributed by atoms with van der Waals surface area (Å²) in [5.74, 6) is 0.246. The predicted molar refractivity (Wildman–Crippen MR) is 107 cm³/mol. The van der Waals surface area contributed by atoms with Crippen LogP contribution >= 0.6 is 22.9 Å². The van der Waals surface area contributed by atoms with Gasteiger partial charge in [-0.3, -0.25) is 9.69 Å². The summed E-state index contributed by atoms with van der Waals surface area (Å²) in [7, 11) is 0. The topological polar surface area (TPSA) is 49.6 Å². The highest BCUT2D eigenvalue weighted by Crippen LogP contribution is 2.33. The predicted octanol–water partition coefficient (Wildman–Crippen LogP) is 4.32. The largest absolute Gasteiger partial charge is 0.351 e. The zero-order valence-electron chi connectivity index (χ0n) is 15.0. The Morgan fingerprint density at radius 2 is 1.96 bits per heavy atom. The lowest BCUT2D eigenvalue weighted by Gasteiger charge is -2.33. The fourth-order valence-electron chi connectivity index (χ4n) is 3.22. The van der Waals surface area contributed by atoms with E-state index in [1.165, 1.54) is 9.75 Å². The first-order valence-electron chi connectivity index (χ1n) is 8.89. The number of amides is 1. The molecule has 1 aliphatic heterocycles. The molecule has 7 heteroatoms. The number of carbonyl (C=O) groups is 1. The number of benzene rings is 1. The molecule has 0 saturated carbocycles. The summed E-state index contributed by atoms with van der Waals surface area (Å²) in [4.78, 5) is 19.1. The maximum Gasteiger partial charge on any atom is 0.292 e. The molecule has 27 heavy (non-hydrogen) atoms. The third-order valence-electron chi connectivity index (χ3n) is 4.68. The van der Waals surface area contributed by atoms with E-state index in [9.17, 15) is 4.79 Å². The standard InChI is InChI=1S/C20H20ClN3O2S/c1-14-12-18(26-22-14)20(25)24-10-8-23(9-11-24)13-15-6-7-19(27-15)16-4-2-3-5-17(16)21/h2-7,12H,8-11,13H2,1H3. The van der Waals surface area contributed by atoms with Crippen LogP contribution in [0.3, 0.4) is 0 Å². The SMILES string of the molecule is Cc1cc(C(=O)N2CCN(Cc3ccc(-c4ccccc4Cl)s3)CC2)on1. The van der Waals surface area contributed by atoms with Crippen molar-refractivity contribution in [2.24, 2.45) is 0 Å². The van der Waals surface area contributed by atoms with Gasteiger partial charge in [0, 0.05) is 59.1 Å². The first kappa shape index (κ1) is 18.2. The number of aryl methyl sites for hydroxylation is 1. The van der Waals surface area contributed by atoms with Crippen LogP contribution in [0.4, 0.5) is 0 Å². The molecule has 2 aromatic heterocycles. The molecule has 0 N–H and O–H groups in total. The van der Waals surface area contributed by atoms with Crippen LogP contribution in [0.25, 0.3) is 10.4 Å². The number of rotatable bonds is 4. The van der Waals surface area contributed by atoms with Gasteiger partial charge in [-0.05, 0) is 25.1 Å². The van der Waals surface area contributed by atoms with Crippen molar-refractivity contribution in [1.29, 1.82) is 0 Å². The van der Waals surface area contributed by atoms with Crippen molar-refractivity contribution in [3.8, 4) is 10.4 Å². The molecule has 0 spiro atoms. The quantitative estimate of drug-likeness (QED) is 0.653. The van der Waals surface area contributed by atoms with Gasteiger partial charge >= 0.3 is 0 Å². The van der Waals surface area contributed by atoms with E-state index >= 15 is 0 Å². The average Bonchev–Trinajstić information content (AvgIpc) is 3.31. The number of thiophene rings is 1. The molecule has 0 unspecified atom stereocenters. The summed E-state index contributed by atoms with van der Waals surface area (Å²) in [6, 6.07) is 13.9.